The summed E-state index contributed by atoms with van der Waals surface area (Å²) in [5, 5.41) is 0. The Labute approximate surface area is 217 Å². The lowest BCUT2D eigenvalue weighted by Gasteiger charge is -2.28. The van der Waals surface area contributed by atoms with Crippen LogP contribution >= 0.6 is 15.9 Å². The summed E-state index contributed by atoms with van der Waals surface area (Å²) in [5.74, 6) is -2.33. The fourth-order valence-electron chi connectivity index (χ4n) is 5.69. The van der Waals surface area contributed by atoms with Crippen LogP contribution in [0.25, 0.3) is 22.4 Å². The fourth-order valence-corrected chi connectivity index (χ4v) is 6.06. The number of benzene rings is 2. The van der Waals surface area contributed by atoms with Crippen LogP contribution in [-0.4, -0.2) is 32.7 Å². The van der Waals surface area contributed by atoms with Crippen molar-refractivity contribution in [3.8, 4) is 22.4 Å². The van der Waals surface area contributed by atoms with Crippen LogP contribution in [0.4, 0.5) is 13.6 Å². The molecule has 0 N–H and O–H groups in total. The quantitative estimate of drug-likeness (QED) is 0.330. The van der Waals surface area contributed by atoms with Crippen LogP contribution in [0.2, 0.25) is 0 Å². The number of aromatic nitrogens is 2. The zero-order valence-electron chi connectivity index (χ0n) is 20.7. The number of imidazole rings is 1. The van der Waals surface area contributed by atoms with Gasteiger partial charge in [-0.1, -0.05) is 34.1 Å². The molecule has 2 aromatic carbocycles. The van der Waals surface area contributed by atoms with E-state index in [-0.39, 0.29) is 28.7 Å². The van der Waals surface area contributed by atoms with E-state index in [2.05, 4.69) is 15.9 Å². The molecule has 6 rings (SSSR count). The molecule has 1 aromatic heterocycles. The third-order valence-electron chi connectivity index (χ3n) is 7.68. The minimum atomic E-state index is -3.08. The topological polar surface area (TPSA) is 47.4 Å². The van der Waals surface area contributed by atoms with Crippen LogP contribution in [0.5, 0.6) is 0 Å². The molecule has 2 fully saturated rings. The van der Waals surface area contributed by atoms with Crippen molar-refractivity contribution in [2.75, 3.05) is 6.54 Å². The second-order valence-corrected chi connectivity index (χ2v) is 12.3. The number of fused-ring (bicyclic) bond motifs is 3. The maximum atomic E-state index is 15.4. The van der Waals surface area contributed by atoms with E-state index in [1.54, 1.807) is 35.4 Å². The molecule has 1 saturated heterocycles. The normalized spacial score (nSPS) is 21.0. The molecule has 0 bridgehead atoms. The van der Waals surface area contributed by atoms with Crippen LogP contribution in [0.1, 0.15) is 63.0 Å². The van der Waals surface area contributed by atoms with Gasteiger partial charge in [0.25, 0.3) is 5.92 Å². The molecule has 1 spiro atoms. The summed E-state index contributed by atoms with van der Waals surface area (Å²) in [6, 6.07) is 10.0. The monoisotopic (exact) mass is 555 g/mol. The van der Waals surface area contributed by atoms with Gasteiger partial charge in [0.1, 0.15) is 11.4 Å². The summed E-state index contributed by atoms with van der Waals surface area (Å²) >= 11 is 3.32. The number of ether oxygens (including phenoxy) is 1. The van der Waals surface area contributed by atoms with Gasteiger partial charge in [-0.25, -0.2) is 9.78 Å². The van der Waals surface area contributed by atoms with E-state index in [1.807, 2.05) is 38.5 Å². The van der Waals surface area contributed by atoms with Crippen LogP contribution in [0.15, 0.2) is 47.1 Å². The lowest BCUT2D eigenvalue weighted by atomic mass is 10.0. The minimum absolute atomic E-state index is 0.00373. The molecule has 2 heterocycles. The van der Waals surface area contributed by atoms with E-state index < -0.39 is 11.5 Å². The van der Waals surface area contributed by atoms with Gasteiger partial charge in [0.15, 0.2) is 0 Å². The van der Waals surface area contributed by atoms with Gasteiger partial charge < -0.3 is 9.30 Å². The molecule has 1 amide bonds. The third-order valence-corrected chi connectivity index (χ3v) is 8.17. The Kier molecular flexibility index (Phi) is 5.01. The van der Waals surface area contributed by atoms with Gasteiger partial charge in [-0.2, -0.15) is 8.78 Å². The lowest BCUT2D eigenvalue weighted by Crippen LogP contribution is -2.37. The molecule has 2 aliphatic carbocycles. The number of hydrogen-bond donors (Lipinski definition) is 0. The fraction of sp³-hybridized carbons (Fsp3) is 0.429. The van der Waals surface area contributed by atoms with Crippen molar-refractivity contribution in [2.45, 2.75) is 57.6 Å². The molecule has 0 radical (unpaired) electrons. The minimum Gasteiger partial charge on any atom is -0.444 e. The van der Waals surface area contributed by atoms with Gasteiger partial charge in [-0.05, 0) is 74.8 Å². The Morgan fingerprint density at radius 1 is 1.11 bits per heavy atom. The summed E-state index contributed by atoms with van der Waals surface area (Å²) < 4.78 is 39.1. The zero-order valence-corrected chi connectivity index (χ0v) is 22.3. The van der Waals surface area contributed by atoms with Crippen LogP contribution < -0.4 is 0 Å². The highest BCUT2D eigenvalue weighted by molar-refractivity contribution is 9.10. The van der Waals surface area contributed by atoms with Crippen molar-refractivity contribution < 1.29 is 18.3 Å². The Bertz CT molecular complexity index is 1400. The standard InChI is InChI=1S/C28H28BrF2N3O2/c1-26(2,3)36-25(35)34-15-27(9-10-27)13-22(34)24-32-14-23(33(24)4)16-5-7-18-19-8-6-17(29)12-21(19)28(30,31)20(18)11-16/h5-8,11-12,14,22H,9-10,13,15H2,1-4H3/t22-/m0/s1. The SMILES string of the molecule is Cn1c(-c2ccc3c(c2)C(F)(F)c2cc(Br)ccc2-3)cnc1[C@@H]1CC2(CC2)CN1C(=O)OC(C)(C)C. The number of carbonyl (C=O) groups is 1. The maximum Gasteiger partial charge on any atom is 0.410 e. The van der Waals surface area contributed by atoms with E-state index in [4.69, 9.17) is 9.72 Å². The number of alkyl halides is 2. The van der Waals surface area contributed by atoms with Crippen molar-refractivity contribution >= 4 is 22.0 Å². The van der Waals surface area contributed by atoms with Gasteiger partial charge >= 0.3 is 6.09 Å². The molecule has 188 valence electrons. The number of likely N-dealkylation sites (tertiary alicyclic amines) is 1. The van der Waals surface area contributed by atoms with Crippen molar-refractivity contribution in [2.24, 2.45) is 12.5 Å². The predicted octanol–water partition coefficient (Wildman–Crippen LogP) is 7.43. The van der Waals surface area contributed by atoms with E-state index in [1.165, 1.54) is 6.07 Å². The van der Waals surface area contributed by atoms with Gasteiger partial charge in [0.2, 0.25) is 0 Å². The average molecular weight is 556 g/mol. The van der Waals surface area contributed by atoms with Crippen LogP contribution in [0.3, 0.4) is 0 Å². The predicted molar refractivity (Wildman–Crippen MR) is 137 cm³/mol. The number of rotatable bonds is 2. The number of halogens is 3. The number of nitrogens with zero attached hydrogens (tertiary/aromatic N) is 3. The molecule has 1 atom stereocenters. The first-order valence-corrected chi connectivity index (χ1v) is 13.0. The van der Waals surface area contributed by atoms with Gasteiger partial charge in [0.05, 0.1) is 17.9 Å². The molecule has 1 aliphatic heterocycles. The zero-order chi connectivity index (χ0) is 25.6. The Morgan fingerprint density at radius 2 is 1.78 bits per heavy atom. The van der Waals surface area contributed by atoms with E-state index >= 15 is 8.78 Å². The molecule has 5 nitrogen and oxygen atoms in total. The number of carbonyl (C=O) groups excluding carboxylic acids is 1. The first kappa shape index (κ1) is 23.6. The Balaban J connectivity index is 1.36. The maximum absolute atomic E-state index is 15.4. The molecular weight excluding hydrogens is 528 g/mol. The molecule has 36 heavy (non-hydrogen) atoms. The number of hydrogen-bond acceptors (Lipinski definition) is 3. The smallest absolute Gasteiger partial charge is 0.410 e. The highest BCUT2D eigenvalue weighted by Gasteiger charge is 2.55. The highest BCUT2D eigenvalue weighted by atomic mass is 79.9. The van der Waals surface area contributed by atoms with Gasteiger partial charge in [-0.3, -0.25) is 4.90 Å². The van der Waals surface area contributed by atoms with Crippen LogP contribution in [0, 0.1) is 5.41 Å². The molecule has 3 aromatic rings. The Hall–Kier alpha value is -2.74. The second kappa shape index (κ2) is 7.63. The number of amides is 1. The van der Waals surface area contributed by atoms with E-state index in [0.29, 0.717) is 27.7 Å². The summed E-state index contributed by atoms with van der Waals surface area (Å²) in [5.41, 5.74) is 2.10. The van der Waals surface area contributed by atoms with E-state index in [9.17, 15) is 4.79 Å². The Morgan fingerprint density at radius 3 is 2.44 bits per heavy atom. The summed E-state index contributed by atoms with van der Waals surface area (Å²) in [6.07, 6.45) is 4.41. The summed E-state index contributed by atoms with van der Waals surface area (Å²) in [6.45, 7) is 6.25. The van der Waals surface area contributed by atoms with E-state index in [0.717, 1.165) is 30.8 Å². The van der Waals surface area contributed by atoms with Crippen molar-refractivity contribution in [3.05, 3.63) is 64.0 Å². The first-order valence-electron chi connectivity index (χ1n) is 12.2. The van der Waals surface area contributed by atoms with Crippen molar-refractivity contribution in [3.63, 3.8) is 0 Å². The van der Waals surface area contributed by atoms with Gasteiger partial charge in [0, 0.05) is 34.8 Å². The molecule has 3 aliphatic rings. The van der Waals surface area contributed by atoms with Crippen molar-refractivity contribution in [1.82, 2.24) is 14.5 Å². The summed E-state index contributed by atoms with van der Waals surface area (Å²) in [4.78, 5) is 19.6. The third kappa shape index (κ3) is 3.67. The lowest BCUT2D eigenvalue weighted by molar-refractivity contribution is 0.0210. The molecule has 0 unspecified atom stereocenters. The van der Waals surface area contributed by atoms with Crippen LogP contribution in [-0.2, 0) is 17.7 Å². The largest absolute Gasteiger partial charge is 0.444 e. The first-order chi connectivity index (χ1) is 16.9. The molecular formula is C28H28BrF2N3O2. The summed E-state index contributed by atoms with van der Waals surface area (Å²) in [7, 11) is 1.89. The van der Waals surface area contributed by atoms with Crippen molar-refractivity contribution in [1.29, 1.82) is 0 Å². The van der Waals surface area contributed by atoms with Gasteiger partial charge in [-0.15, -0.1) is 0 Å². The second-order valence-electron chi connectivity index (χ2n) is 11.4. The molecule has 1 saturated carbocycles. The molecule has 8 heteroatoms. The average Bonchev–Trinajstić information content (AvgIpc) is 3.19. The highest BCUT2D eigenvalue weighted by Crippen LogP contribution is 2.59.